The summed E-state index contributed by atoms with van der Waals surface area (Å²) in [5.74, 6) is -0.617. The Hall–Kier alpha value is -11.2. The van der Waals surface area contributed by atoms with Crippen molar-refractivity contribution in [3.05, 3.63) is 232 Å². The first-order chi connectivity index (χ1) is 61.1. The Balaban J connectivity index is 0.000000150. The normalized spacial score (nSPS) is 19.8. The first kappa shape index (κ1) is 98.3. The fourth-order valence-corrected chi connectivity index (χ4v) is 27.9. The van der Waals surface area contributed by atoms with Gasteiger partial charge in [0.2, 0.25) is 17.7 Å². The molecule has 132 heavy (non-hydrogen) atoms. The van der Waals surface area contributed by atoms with Gasteiger partial charge >= 0.3 is 13.2 Å². The molecule has 1 aromatic heterocycles. The zero-order chi connectivity index (χ0) is 97.1. The largest absolute Gasteiger partial charge is 0.488 e. The van der Waals surface area contributed by atoms with Gasteiger partial charge in [0.15, 0.2) is 69.1 Å². The number of anilines is 8. The van der Waals surface area contributed by atoms with E-state index in [0.29, 0.717) is 78.7 Å². The number of alkyl halides is 8. The summed E-state index contributed by atoms with van der Waals surface area (Å²) in [6.45, 7) is 26.9. The Morgan fingerprint density at radius 1 is 0.364 bits per heavy atom. The highest BCUT2D eigenvalue weighted by molar-refractivity contribution is 7.93. The number of ketones is 4. The second-order valence-electron chi connectivity index (χ2n) is 39.0. The van der Waals surface area contributed by atoms with Gasteiger partial charge in [-0.15, -0.1) is 0 Å². The van der Waals surface area contributed by atoms with Crippen molar-refractivity contribution in [1.82, 2.24) is 4.98 Å². The monoisotopic (exact) mass is 1910 g/mol. The van der Waals surface area contributed by atoms with Crippen LogP contribution in [0.1, 0.15) is 184 Å². The van der Waals surface area contributed by atoms with Crippen molar-refractivity contribution in [2.45, 2.75) is 170 Å². The van der Waals surface area contributed by atoms with Crippen LogP contribution in [-0.2, 0) is 70.6 Å². The predicted molar refractivity (Wildman–Crippen MR) is 487 cm³/mol. The molecule has 0 saturated carbocycles. The third-order valence-electron chi connectivity index (χ3n) is 25.3. The summed E-state index contributed by atoms with van der Waals surface area (Å²) in [6.07, 6.45) is -3.19. The van der Waals surface area contributed by atoms with E-state index in [1.54, 1.807) is 140 Å². The van der Waals surface area contributed by atoms with Crippen molar-refractivity contribution in [3.8, 4) is 23.1 Å². The highest BCUT2D eigenvalue weighted by Crippen LogP contribution is 2.56. The van der Waals surface area contributed by atoms with Crippen molar-refractivity contribution in [2.24, 2.45) is 21.7 Å². The Bertz CT molecular complexity index is 6530. The van der Waals surface area contributed by atoms with E-state index in [1.807, 2.05) is 81.7 Å². The van der Waals surface area contributed by atoms with Crippen molar-refractivity contribution in [3.63, 3.8) is 0 Å². The fourth-order valence-electron chi connectivity index (χ4n) is 18.9. The minimum atomic E-state index is -3.07. The molecule has 7 aromatic carbocycles. The maximum absolute atomic E-state index is 13.4. The summed E-state index contributed by atoms with van der Waals surface area (Å²) >= 11 is 0. The lowest BCUT2D eigenvalue weighted by atomic mass is 9.82. The van der Waals surface area contributed by atoms with Gasteiger partial charge in [-0.1, -0.05) is 86.7 Å². The molecule has 8 aliphatic rings. The third-order valence-corrected chi connectivity index (χ3v) is 34.4. The lowest BCUT2D eigenvalue weighted by molar-refractivity contribution is -0.122. The molecule has 4 fully saturated rings. The topological polar surface area (TPSA) is 302 Å². The number of aromatic nitrogens is 1. The van der Waals surface area contributed by atoms with Crippen LogP contribution in [0, 0.1) is 35.5 Å². The third kappa shape index (κ3) is 20.3. The van der Waals surface area contributed by atoms with Crippen LogP contribution in [-0.4, -0.2) is 159 Å². The lowest BCUT2D eigenvalue weighted by Crippen LogP contribution is -2.47. The maximum atomic E-state index is 13.4. The number of fused-ring (bicyclic) bond motifs is 4. The molecule has 9 heterocycles. The summed E-state index contributed by atoms with van der Waals surface area (Å²) in [5.41, 5.74) is 7.84. The quantitative estimate of drug-likeness (QED) is 0.0359. The van der Waals surface area contributed by atoms with Crippen LogP contribution >= 0.6 is 0 Å². The number of carbonyl (C=O) groups is 6. The second kappa shape index (κ2) is 35.3. The van der Waals surface area contributed by atoms with Gasteiger partial charge in [-0.3, -0.25) is 38.6 Å². The number of ether oxygens (including phenoxy) is 4. The van der Waals surface area contributed by atoms with Crippen LogP contribution in [0.3, 0.4) is 0 Å². The summed E-state index contributed by atoms with van der Waals surface area (Å²) < 4.78 is 213. The summed E-state index contributed by atoms with van der Waals surface area (Å²) in [5, 5.41) is 0. The first-order valence-corrected chi connectivity index (χ1v) is 49.6. The Labute approximate surface area is 762 Å². The molecule has 23 nitrogen and oxygen atoms in total. The predicted octanol–water partition coefficient (Wildman–Crippen LogP) is 19.1. The molecule has 704 valence electrons. The summed E-state index contributed by atoms with van der Waals surface area (Å²) in [4.78, 5) is 89.4. The van der Waals surface area contributed by atoms with Gasteiger partial charge in [0.05, 0.1) is 79.6 Å². The lowest BCUT2D eigenvalue weighted by Gasteiger charge is -2.37. The Morgan fingerprint density at radius 3 is 1.00 bits per heavy atom. The van der Waals surface area contributed by atoms with Gasteiger partial charge in [0.25, 0.3) is 12.9 Å². The van der Waals surface area contributed by atoms with Gasteiger partial charge in [-0.05, 0) is 178 Å². The molecule has 16 rings (SSSR count). The minimum absolute atomic E-state index is 0.00821. The van der Waals surface area contributed by atoms with Crippen molar-refractivity contribution in [1.29, 1.82) is 0 Å². The van der Waals surface area contributed by atoms with Crippen LogP contribution in [0.5, 0.6) is 23.1 Å². The Kier molecular flexibility index (Phi) is 26.3. The molecular formula is C97H103F8N5O18S4. The number of hydrogen-bond donors (Lipinski definition) is 0. The molecule has 0 bridgehead atoms. The molecule has 4 saturated heterocycles. The van der Waals surface area contributed by atoms with E-state index in [9.17, 15) is 97.6 Å². The standard InChI is InChI=1S/C25H27F2NO4S.C24H26F2N2O5S.C24H25F2NO5S.C24H25F2NO4S/c1-16-24(2,3)20-10-17(22(29)12-25(4)14-33(30,31)15-25)8-9-21(20)28(16)18-6-5-7-19(11-18)32-13-23(26)27;1-14-10-27-21(33-11-20(25)26)8-18(14)28-17-6-5-15(7-16(17)23(2,3)22(28)30)19(29)9-24(4)12-34(31,32)13-24;1-14-5-7-16(32-22(25)26)10-19(14)27-18-8-6-15(9-17(18)23(2,3)21(27)29)20(28)11-24(4)12-33(30,31)13-24;1-15-23(2,3)19-10-16(21(28)12-24(4)13-32(29,30)14-24)8-9-20(19)27(15)17-6-5-7-18(11-17)31-22(25)26/h5-11,23H,1,12-15H2,2-4H3;5-8,10,20H,9,11-13H2,1-4H3;5-10,22H,11-13H2,1-4H3;5-11,22H,1,12-14H2,2-4H3. The number of nitrogens with zero attached hydrogens (tertiary/aromatic N) is 5. The zero-order valence-electron chi connectivity index (χ0n) is 75.3. The zero-order valence-corrected chi connectivity index (χ0v) is 78.6. The number of benzene rings is 7. The van der Waals surface area contributed by atoms with Crippen molar-refractivity contribution >= 4 is 120 Å². The van der Waals surface area contributed by atoms with Crippen molar-refractivity contribution in [2.75, 3.05) is 78.8 Å². The highest BCUT2D eigenvalue weighted by Gasteiger charge is 2.53. The molecule has 0 radical (unpaired) electrons. The average molecular weight is 1910 g/mol. The van der Waals surface area contributed by atoms with E-state index >= 15 is 0 Å². The number of Topliss-reactive ketones (excluding diaryl/α,β-unsaturated/α-hetero) is 4. The van der Waals surface area contributed by atoms with Gasteiger partial charge in [-0.25, -0.2) is 56.2 Å². The fraction of sp³-hybridized carbons (Fsp3) is 0.412. The molecule has 2 amide bonds. The molecule has 8 aliphatic heterocycles. The highest BCUT2D eigenvalue weighted by atomic mass is 32.2. The number of pyridine rings is 1. The van der Waals surface area contributed by atoms with Gasteiger partial charge in [0, 0.05) is 145 Å². The van der Waals surface area contributed by atoms with Gasteiger partial charge in [-0.2, -0.15) is 17.6 Å². The van der Waals surface area contributed by atoms with E-state index in [0.717, 1.165) is 39.6 Å². The molecule has 0 aliphatic carbocycles. The van der Waals surface area contributed by atoms with Crippen LogP contribution < -0.4 is 38.5 Å². The van der Waals surface area contributed by atoms with E-state index in [4.69, 9.17) is 9.47 Å². The molecule has 0 N–H and O–H groups in total. The van der Waals surface area contributed by atoms with E-state index in [2.05, 4.69) is 27.6 Å². The van der Waals surface area contributed by atoms with E-state index < -0.39 is 122 Å². The van der Waals surface area contributed by atoms with E-state index in [-0.39, 0.29) is 124 Å². The smallest absolute Gasteiger partial charge is 0.387 e. The Morgan fingerprint density at radius 2 is 0.667 bits per heavy atom. The molecule has 0 spiro atoms. The van der Waals surface area contributed by atoms with Crippen LogP contribution in [0.2, 0.25) is 0 Å². The van der Waals surface area contributed by atoms with Crippen molar-refractivity contribution < 1.29 is 117 Å². The number of aryl methyl sites for hydroxylation is 2. The molecule has 8 aromatic rings. The van der Waals surface area contributed by atoms with E-state index in [1.165, 1.54) is 46.3 Å². The number of carbonyl (C=O) groups excluding carboxylic acids is 6. The summed E-state index contributed by atoms with van der Waals surface area (Å²) in [6, 6.07) is 40.0. The second-order valence-corrected chi connectivity index (χ2v) is 47.2. The number of hydrogen-bond acceptors (Lipinski definition) is 21. The van der Waals surface area contributed by atoms with Crippen LogP contribution in [0.4, 0.5) is 80.6 Å². The number of amides is 2. The van der Waals surface area contributed by atoms with Gasteiger partial charge in [0.1, 0.15) is 23.9 Å². The SMILES string of the molecule is C=C1N(c2cccc(OC(F)F)c2)c2ccc(C(=O)CC3(C)CS(=O)(=O)C3)cc2C1(C)C.C=C1N(c2cccc(OCC(F)F)c2)c2ccc(C(=O)CC3(C)CS(=O)(=O)C3)cc2C1(C)C.Cc1ccc(OC(F)F)cc1N1C(=O)C(C)(C)c2cc(C(=O)CC3(C)CS(=O)(=O)C3)ccc21.Cc1cnc(OCC(F)F)cc1N1C(=O)C(C)(C)c2cc(C(=O)CC3(C)CS(=O)(=O)C3)ccc21. The average Bonchev–Trinajstić information content (AvgIpc) is 1.64. The molecule has 0 unspecified atom stereocenters. The number of halogens is 8. The number of sulfone groups is 4. The number of rotatable bonds is 26. The van der Waals surface area contributed by atoms with Gasteiger partial charge < -0.3 is 28.7 Å². The number of allylic oxidation sites excluding steroid dienone is 2. The first-order valence-electron chi connectivity index (χ1n) is 42.3. The summed E-state index contributed by atoms with van der Waals surface area (Å²) in [7, 11) is -12.2. The minimum Gasteiger partial charge on any atom is -0.488 e. The molecule has 35 heteroatoms. The molecule has 0 atom stereocenters. The maximum Gasteiger partial charge on any atom is 0.387 e. The van der Waals surface area contributed by atoms with Crippen LogP contribution in [0.25, 0.3) is 0 Å². The molecular weight excluding hydrogens is 1800 g/mol. The van der Waals surface area contributed by atoms with Crippen LogP contribution in [0.15, 0.2) is 176 Å².